The predicted octanol–water partition coefficient (Wildman–Crippen LogP) is 1.23. The molecule has 4 nitrogen and oxygen atoms in total. The van der Waals surface area contributed by atoms with Crippen molar-refractivity contribution in [2.24, 2.45) is 0 Å². The van der Waals surface area contributed by atoms with Crippen LogP contribution in [0.25, 0.3) is 0 Å². The lowest BCUT2D eigenvalue weighted by molar-refractivity contribution is 0.108. The van der Waals surface area contributed by atoms with Gasteiger partial charge in [0.2, 0.25) is 0 Å². The molecule has 2 unspecified atom stereocenters. The topological polar surface area (TPSA) is 38.2 Å². The summed E-state index contributed by atoms with van der Waals surface area (Å²) in [6, 6.07) is 4.23. The number of nitrogens with zero attached hydrogens (tertiary/aromatic N) is 3. The Morgan fingerprint density at radius 1 is 1.36 bits per heavy atom. The molecule has 0 radical (unpaired) electrons. The largest absolute Gasteiger partial charge is 0.264 e. The Morgan fingerprint density at radius 2 is 2.29 bits per heavy atom. The Labute approximate surface area is 82.2 Å². The van der Waals surface area contributed by atoms with Crippen LogP contribution in [0.2, 0.25) is 0 Å². The maximum Gasteiger partial charge on any atom is 0.175 e. The van der Waals surface area contributed by atoms with Crippen LogP contribution in [0.1, 0.15) is 12.1 Å². The van der Waals surface area contributed by atoms with E-state index in [1.807, 2.05) is 24.1 Å². The average molecular weight is 189 g/mol. The minimum Gasteiger partial charge on any atom is -0.264 e. The third-order valence-corrected chi connectivity index (χ3v) is 2.58. The zero-order valence-corrected chi connectivity index (χ0v) is 7.92. The van der Waals surface area contributed by atoms with Crippen molar-refractivity contribution < 1.29 is 4.84 Å². The molecule has 0 N–H and O–H groups in total. The van der Waals surface area contributed by atoms with Gasteiger partial charge >= 0.3 is 0 Å². The molecule has 1 aromatic heterocycles. The van der Waals surface area contributed by atoms with Gasteiger partial charge in [-0.15, -0.1) is 5.10 Å². The second-order valence-corrected chi connectivity index (χ2v) is 3.69. The summed E-state index contributed by atoms with van der Waals surface area (Å²) in [6.45, 7) is 1.92. The van der Waals surface area contributed by atoms with E-state index in [-0.39, 0.29) is 6.10 Å². The molecule has 2 heterocycles. The first-order chi connectivity index (χ1) is 6.83. The van der Waals surface area contributed by atoms with Crippen LogP contribution in [0.15, 0.2) is 24.3 Å². The fraction of sp³-hybridized carbons (Fsp3) is 0.400. The van der Waals surface area contributed by atoms with Crippen molar-refractivity contribution >= 4 is 5.82 Å². The second kappa shape index (κ2) is 2.78. The summed E-state index contributed by atoms with van der Waals surface area (Å²) >= 11 is 0. The highest BCUT2D eigenvalue weighted by molar-refractivity contribution is 5.40. The molecular formula is C10H11N3O. The minimum atomic E-state index is 0.239. The van der Waals surface area contributed by atoms with Gasteiger partial charge in [-0.05, 0) is 19.1 Å². The van der Waals surface area contributed by atoms with Gasteiger partial charge in [0.25, 0.3) is 0 Å². The molecule has 0 saturated carbocycles. The molecular weight excluding hydrogens is 178 g/mol. The molecule has 14 heavy (non-hydrogen) atoms. The van der Waals surface area contributed by atoms with Crippen LogP contribution in [0, 0.1) is 6.92 Å². The Morgan fingerprint density at radius 3 is 2.86 bits per heavy atom. The number of hydroxylamine groups is 1. The van der Waals surface area contributed by atoms with E-state index in [2.05, 4.69) is 22.3 Å². The highest BCUT2D eigenvalue weighted by Gasteiger charge is 2.36. The summed E-state index contributed by atoms with van der Waals surface area (Å²) in [5.41, 5.74) is 0.925. The van der Waals surface area contributed by atoms with Crippen LogP contribution in [-0.2, 0) is 4.84 Å². The van der Waals surface area contributed by atoms with Crippen molar-refractivity contribution in [3.63, 3.8) is 0 Å². The van der Waals surface area contributed by atoms with Gasteiger partial charge in [-0.3, -0.25) is 4.84 Å². The van der Waals surface area contributed by atoms with Crippen LogP contribution in [0.3, 0.4) is 0 Å². The Hall–Kier alpha value is -1.42. The summed E-state index contributed by atoms with van der Waals surface area (Å²) in [5, 5.41) is 9.95. The van der Waals surface area contributed by atoms with Crippen LogP contribution >= 0.6 is 0 Å². The van der Waals surface area contributed by atoms with E-state index in [1.54, 1.807) is 0 Å². The van der Waals surface area contributed by atoms with Crippen molar-refractivity contribution in [1.29, 1.82) is 0 Å². The SMILES string of the molecule is Cc1ccc(N2OC3C=CC2C3)nn1. The first-order valence-corrected chi connectivity index (χ1v) is 4.77. The third kappa shape index (κ3) is 1.11. The predicted molar refractivity (Wildman–Crippen MR) is 51.7 cm³/mol. The van der Waals surface area contributed by atoms with Gasteiger partial charge < -0.3 is 0 Å². The van der Waals surface area contributed by atoms with E-state index in [0.717, 1.165) is 17.9 Å². The van der Waals surface area contributed by atoms with Gasteiger partial charge in [-0.25, -0.2) is 5.06 Å². The highest BCUT2D eigenvalue weighted by atomic mass is 16.7. The summed E-state index contributed by atoms with van der Waals surface area (Å²) in [7, 11) is 0. The highest BCUT2D eigenvalue weighted by Crippen LogP contribution is 2.32. The molecule has 3 rings (SSSR count). The number of anilines is 1. The van der Waals surface area contributed by atoms with E-state index in [0.29, 0.717) is 6.04 Å². The van der Waals surface area contributed by atoms with Crippen LogP contribution in [0.5, 0.6) is 0 Å². The molecule has 2 aliphatic rings. The van der Waals surface area contributed by atoms with Gasteiger partial charge in [-0.2, -0.15) is 5.10 Å². The fourth-order valence-electron chi connectivity index (χ4n) is 1.86. The number of hydrogen-bond donors (Lipinski definition) is 0. The van der Waals surface area contributed by atoms with Gasteiger partial charge in [0.15, 0.2) is 5.82 Å². The summed E-state index contributed by atoms with van der Waals surface area (Å²) in [5.74, 6) is 0.799. The van der Waals surface area contributed by atoms with Crippen LogP contribution < -0.4 is 5.06 Å². The first-order valence-electron chi connectivity index (χ1n) is 4.77. The lowest BCUT2D eigenvalue weighted by Crippen LogP contribution is -2.29. The normalized spacial score (nSPS) is 28.8. The smallest absolute Gasteiger partial charge is 0.175 e. The maximum atomic E-state index is 5.63. The quantitative estimate of drug-likeness (QED) is 0.623. The zero-order valence-electron chi connectivity index (χ0n) is 7.92. The molecule has 1 aliphatic carbocycles. The molecule has 0 spiro atoms. The van der Waals surface area contributed by atoms with E-state index in [4.69, 9.17) is 4.84 Å². The summed E-state index contributed by atoms with van der Waals surface area (Å²) in [4.78, 5) is 5.63. The van der Waals surface area contributed by atoms with Crippen LogP contribution in [0.4, 0.5) is 5.82 Å². The molecule has 1 saturated heterocycles. The second-order valence-electron chi connectivity index (χ2n) is 3.69. The van der Waals surface area contributed by atoms with E-state index in [1.165, 1.54) is 0 Å². The van der Waals surface area contributed by atoms with Gasteiger partial charge in [0.1, 0.15) is 6.10 Å². The van der Waals surface area contributed by atoms with E-state index < -0.39 is 0 Å². The lowest BCUT2D eigenvalue weighted by atomic mass is 10.2. The Kier molecular flexibility index (Phi) is 1.58. The molecule has 1 aromatic rings. The van der Waals surface area contributed by atoms with E-state index >= 15 is 0 Å². The molecule has 72 valence electrons. The molecule has 2 atom stereocenters. The minimum absolute atomic E-state index is 0.239. The number of aryl methyl sites for hydroxylation is 1. The summed E-state index contributed by atoms with van der Waals surface area (Å²) < 4.78 is 0. The number of fused-ring (bicyclic) bond motifs is 2. The number of aromatic nitrogens is 2. The molecule has 0 aromatic carbocycles. The Bertz CT molecular complexity index is 373. The lowest BCUT2D eigenvalue weighted by Gasteiger charge is -2.22. The summed E-state index contributed by atoms with van der Waals surface area (Å²) in [6.07, 6.45) is 5.54. The number of rotatable bonds is 1. The Balaban J connectivity index is 1.90. The van der Waals surface area contributed by atoms with Gasteiger partial charge in [0, 0.05) is 6.42 Å². The molecule has 1 aliphatic heterocycles. The fourth-order valence-corrected chi connectivity index (χ4v) is 1.86. The van der Waals surface area contributed by atoms with Gasteiger partial charge in [0.05, 0.1) is 11.7 Å². The number of hydrogen-bond acceptors (Lipinski definition) is 4. The van der Waals surface area contributed by atoms with Crippen molar-refractivity contribution in [3.8, 4) is 0 Å². The first kappa shape index (κ1) is 7.94. The third-order valence-electron chi connectivity index (χ3n) is 2.58. The van der Waals surface area contributed by atoms with Gasteiger partial charge in [-0.1, -0.05) is 12.2 Å². The molecule has 4 heteroatoms. The monoisotopic (exact) mass is 189 g/mol. The molecule has 0 amide bonds. The van der Waals surface area contributed by atoms with Crippen LogP contribution in [-0.4, -0.2) is 22.3 Å². The maximum absolute atomic E-state index is 5.63. The van der Waals surface area contributed by atoms with E-state index in [9.17, 15) is 0 Å². The van der Waals surface area contributed by atoms with Crippen molar-refractivity contribution in [1.82, 2.24) is 10.2 Å². The average Bonchev–Trinajstić information content (AvgIpc) is 2.80. The molecule has 2 bridgehead atoms. The zero-order chi connectivity index (χ0) is 9.54. The van der Waals surface area contributed by atoms with Crippen molar-refractivity contribution in [2.45, 2.75) is 25.5 Å². The standard InChI is InChI=1S/C10H11N3O/c1-7-2-5-10(12-11-7)13-8-3-4-9(6-8)14-13/h2-5,8-9H,6H2,1H3. The van der Waals surface area contributed by atoms with Crippen molar-refractivity contribution in [2.75, 3.05) is 5.06 Å². The van der Waals surface area contributed by atoms with Crippen molar-refractivity contribution in [3.05, 3.63) is 30.0 Å². The molecule has 1 fully saturated rings.